The Kier molecular flexibility index (Phi) is 5.76. The number of carbonyl (C=O) groups is 1. The van der Waals surface area contributed by atoms with E-state index in [2.05, 4.69) is 15.6 Å². The molecule has 1 heterocycles. The molecule has 0 atom stereocenters. The van der Waals surface area contributed by atoms with E-state index in [1.54, 1.807) is 48.5 Å². The molecule has 1 aromatic heterocycles. The van der Waals surface area contributed by atoms with E-state index in [1.165, 1.54) is 12.1 Å². The summed E-state index contributed by atoms with van der Waals surface area (Å²) in [5, 5.41) is 18.1. The lowest BCUT2D eigenvalue weighted by Gasteiger charge is -2.13. The molecule has 160 valence electrons. The summed E-state index contributed by atoms with van der Waals surface area (Å²) in [5.41, 5.74) is 2.26. The van der Waals surface area contributed by atoms with Crippen molar-refractivity contribution in [3.8, 4) is 0 Å². The van der Waals surface area contributed by atoms with Crippen LogP contribution in [0.3, 0.4) is 0 Å². The zero-order valence-corrected chi connectivity index (χ0v) is 17.1. The molecule has 0 bridgehead atoms. The summed E-state index contributed by atoms with van der Waals surface area (Å²) in [4.78, 5) is 29.0. The van der Waals surface area contributed by atoms with E-state index in [4.69, 9.17) is 0 Å². The number of anilines is 2. The molecule has 0 fully saturated rings. The quantitative estimate of drug-likeness (QED) is 0.321. The molecule has 4 rings (SSSR count). The van der Waals surface area contributed by atoms with E-state index < -0.39 is 16.5 Å². The summed E-state index contributed by atoms with van der Waals surface area (Å²) in [7, 11) is 0. The van der Waals surface area contributed by atoms with Gasteiger partial charge in [-0.3, -0.25) is 14.9 Å². The second kappa shape index (κ2) is 8.81. The van der Waals surface area contributed by atoms with Crippen LogP contribution in [0.25, 0.3) is 10.9 Å². The molecule has 7 nitrogen and oxygen atoms in total. The number of fused-ring (bicyclic) bond motifs is 1. The molecule has 8 heteroatoms. The van der Waals surface area contributed by atoms with Crippen molar-refractivity contribution in [2.45, 2.75) is 13.5 Å². The minimum atomic E-state index is -0.619. The summed E-state index contributed by atoms with van der Waals surface area (Å²) in [6.45, 7) is 2.03. The van der Waals surface area contributed by atoms with Crippen LogP contribution in [0.2, 0.25) is 0 Å². The Labute approximate surface area is 183 Å². The van der Waals surface area contributed by atoms with Crippen molar-refractivity contribution in [3.05, 3.63) is 105 Å². The highest BCUT2D eigenvalue weighted by Gasteiger charge is 2.29. The maximum Gasteiger partial charge on any atom is 0.325 e. The zero-order chi connectivity index (χ0) is 22.7. The summed E-state index contributed by atoms with van der Waals surface area (Å²) < 4.78 is 13.1. The first-order chi connectivity index (χ1) is 15.4. The van der Waals surface area contributed by atoms with Gasteiger partial charge in [0, 0.05) is 17.6 Å². The maximum atomic E-state index is 13.1. The molecular weight excluding hydrogens is 411 g/mol. The summed E-state index contributed by atoms with van der Waals surface area (Å²) >= 11 is 0. The van der Waals surface area contributed by atoms with Crippen LogP contribution in [0.1, 0.15) is 21.5 Å². The van der Waals surface area contributed by atoms with Crippen LogP contribution >= 0.6 is 0 Å². The number of nitrogens with zero attached hydrogens (tertiary/aromatic N) is 2. The molecule has 1 amide bonds. The highest BCUT2D eigenvalue weighted by molar-refractivity contribution is 6.11. The molecular formula is C24H19FN4O3. The minimum absolute atomic E-state index is 0.0236. The molecule has 0 saturated heterocycles. The Hall–Kier alpha value is -4.33. The fourth-order valence-electron chi connectivity index (χ4n) is 3.34. The first-order valence-corrected chi connectivity index (χ1v) is 9.86. The molecule has 2 N–H and O–H groups in total. The lowest BCUT2D eigenvalue weighted by molar-refractivity contribution is -0.384. The lowest BCUT2D eigenvalue weighted by Crippen LogP contribution is -2.24. The van der Waals surface area contributed by atoms with Crippen LogP contribution in [0, 0.1) is 22.9 Å². The third kappa shape index (κ3) is 4.39. The van der Waals surface area contributed by atoms with Gasteiger partial charge in [-0.05, 0) is 42.8 Å². The smallest absolute Gasteiger partial charge is 0.325 e. The number of nitro groups is 1. The van der Waals surface area contributed by atoms with Crippen LogP contribution in [-0.2, 0) is 6.54 Å². The van der Waals surface area contributed by atoms with Gasteiger partial charge in [0.2, 0.25) is 5.82 Å². The highest BCUT2D eigenvalue weighted by Crippen LogP contribution is 2.35. The number of nitrogens with one attached hydrogen (secondary N) is 2. The number of hydrogen-bond donors (Lipinski definition) is 2. The van der Waals surface area contributed by atoms with Gasteiger partial charge >= 0.3 is 5.69 Å². The van der Waals surface area contributed by atoms with E-state index in [0.717, 1.165) is 5.56 Å². The number of hydrogen-bond acceptors (Lipinski definition) is 5. The van der Waals surface area contributed by atoms with E-state index in [1.807, 2.05) is 19.1 Å². The standard InChI is InChI=1S/C24H19FN4O3/c1-15-6-12-18(13-7-15)27-23-22(29(31)32)21(19-4-2-3-5-20(19)28-23)24(30)26-14-16-8-10-17(25)11-9-16/h2-13H,14H2,1H3,(H,26,30)(H,27,28). The van der Waals surface area contributed by atoms with Crippen molar-refractivity contribution in [3.63, 3.8) is 0 Å². The molecule has 0 aliphatic carbocycles. The number of amides is 1. The average molecular weight is 430 g/mol. The maximum absolute atomic E-state index is 13.1. The van der Waals surface area contributed by atoms with Crippen molar-refractivity contribution in [1.82, 2.24) is 10.3 Å². The predicted octanol–water partition coefficient (Wildman–Crippen LogP) is 5.26. The Balaban J connectivity index is 1.77. The van der Waals surface area contributed by atoms with Crippen molar-refractivity contribution in [1.29, 1.82) is 0 Å². The number of pyridine rings is 1. The second-order valence-electron chi connectivity index (χ2n) is 7.26. The van der Waals surface area contributed by atoms with E-state index in [0.29, 0.717) is 22.2 Å². The lowest BCUT2D eigenvalue weighted by atomic mass is 10.1. The van der Waals surface area contributed by atoms with Crippen LogP contribution in [-0.4, -0.2) is 15.8 Å². The molecule has 0 spiro atoms. The predicted molar refractivity (Wildman–Crippen MR) is 120 cm³/mol. The molecule has 0 unspecified atom stereocenters. The molecule has 32 heavy (non-hydrogen) atoms. The largest absolute Gasteiger partial charge is 0.348 e. The summed E-state index contributed by atoms with van der Waals surface area (Å²) in [5.74, 6) is -1.03. The third-order valence-electron chi connectivity index (χ3n) is 4.96. The summed E-state index contributed by atoms with van der Waals surface area (Å²) in [6, 6.07) is 19.7. The Bertz CT molecular complexity index is 1310. The van der Waals surface area contributed by atoms with Gasteiger partial charge in [0.15, 0.2) is 0 Å². The summed E-state index contributed by atoms with van der Waals surface area (Å²) in [6.07, 6.45) is 0. The average Bonchev–Trinajstić information content (AvgIpc) is 2.79. The molecule has 0 aliphatic rings. The first kappa shape index (κ1) is 20.9. The third-order valence-corrected chi connectivity index (χ3v) is 4.96. The van der Waals surface area contributed by atoms with Gasteiger partial charge in [-0.2, -0.15) is 0 Å². The molecule has 4 aromatic rings. The van der Waals surface area contributed by atoms with Gasteiger partial charge in [-0.15, -0.1) is 0 Å². The van der Waals surface area contributed by atoms with Gasteiger partial charge in [0.25, 0.3) is 5.91 Å². The van der Waals surface area contributed by atoms with Crippen LogP contribution < -0.4 is 10.6 Å². The fourth-order valence-corrected chi connectivity index (χ4v) is 3.34. The van der Waals surface area contributed by atoms with E-state index in [-0.39, 0.29) is 23.7 Å². The van der Waals surface area contributed by atoms with Crippen LogP contribution in [0.15, 0.2) is 72.8 Å². The van der Waals surface area contributed by atoms with Gasteiger partial charge in [-0.1, -0.05) is 48.0 Å². The second-order valence-corrected chi connectivity index (χ2v) is 7.26. The van der Waals surface area contributed by atoms with Gasteiger partial charge in [0.05, 0.1) is 10.4 Å². The Morgan fingerprint density at radius 1 is 1.03 bits per heavy atom. The van der Waals surface area contributed by atoms with Gasteiger partial charge < -0.3 is 10.6 Å². The molecule has 0 radical (unpaired) electrons. The van der Waals surface area contributed by atoms with Gasteiger partial charge in [-0.25, -0.2) is 9.37 Å². The highest BCUT2D eigenvalue weighted by atomic mass is 19.1. The monoisotopic (exact) mass is 430 g/mol. The topological polar surface area (TPSA) is 97.2 Å². The minimum Gasteiger partial charge on any atom is -0.348 e. The number of benzene rings is 3. The number of aryl methyl sites for hydroxylation is 1. The number of rotatable bonds is 6. The van der Waals surface area contributed by atoms with Crippen LogP contribution in [0.4, 0.5) is 21.6 Å². The van der Waals surface area contributed by atoms with Crippen molar-refractivity contribution in [2.75, 3.05) is 5.32 Å². The molecule has 0 saturated carbocycles. The number of carbonyl (C=O) groups excluding carboxylic acids is 1. The Morgan fingerprint density at radius 3 is 2.41 bits per heavy atom. The van der Waals surface area contributed by atoms with Crippen molar-refractivity contribution < 1.29 is 14.1 Å². The van der Waals surface area contributed by atoms with Crippen molar-refractivity contribution in [2.24, 2.45) is 0 Å². The fraction of sp³-hybridized carbons (Fsp3) is 0.0833. The number of para-hydroxylation sites is 1. The number of halogens is 1. The van der Waals surface area contributed by atoms with Gasteiger partial charge in [0.1, 0.15) is 11.4 Å². The molecule has 0 aliphatic heterocycles. The van der Waals surface area contributed by atoms with Crippen LogP contribution in [0.5, 0.6) is 0 Å². The SMILES string of the molecule is Cc1ccc(Nc2nc3ccccc3c(C(=O)NCc3ccc(F)cc3)c2[N+](=O)[O-])cc1. The zero-order valence-electron chi connectivity index (χ0n) is 17.1. The van der Waals surface area contributed by atoms with E-state index in [9.17, 15) is 19.3 Å². The Morgan fingerprint density at radius 2 is 1.72 bits per heavy atom. The molecule has 3 aromatic carbocycles. The van der Waals surface area contributed by atoms with Crippen molar-refractivity contribution >= 4 is 34.0 Å². The normalized spacial score (nSPS) is 10.7. The number of aromatic nitrogens is 1. The first-order valence-electron chi connectivity index (χ1n) is 9.86. The van der Waals surface area contributed by atoms with E-state index >= 15 is 0 Å².